The minimum Gasteiger partial charge on any atom is -0.349 e. The van der Waals surface area contributed by atoms with E-state index in [2.05, 4.69) is 29.3 Å². The van der Waals surface area contributed by atoms with E-state index in [0.29, 0.717) is 12.1 Å². The number of nitrogens with one attached hydrogen (secondary N) is 1. The summed E-state index contributed by atoms with van der Waals surface area (Å²) in [7, 11) is 0. The van der Waals surface area contributed by atoms with Crippen molar-refractivity contribution in [3.63, 3.8) is 0 Å². The second-order valence-corrected chi connectivity index (χ2v) is 8.18. The number of hydrogen-bond acceptors (Lipinski definition) is 4. The second kappa shape index (κ2) is 8.71. The first-order valence-electron chi connectivity index (χ1n) is 9.91. The maximum Gasteiger partial charge on any atom is 0.255 e. The zero-order chi connectivity index (χ0) is 19.3. The summed E-state index contributed by atoms with van der Waals surface area (Å²) in [6, 6.07) is 14.5. The number of aromatic nitrogens is 2. The molecular weight excluding hydrogens is 368 g/mol. The van der Waals surface area contributed by atoms with Gasteiger partial charge in [0, 0.05) is 25.3 Å². The lowest BCUT2D eigenvalue weighted by Crippen LogP contribution is -2.44. The molecule has 146 valence electrons. The highest BCUT2D eigenvalue weighted by Gasteiger charge is 2.24. The topological polar surface area (TPSA) is 50.2 Å². The van der Waals surface area contributed by atoms with Crippen LogP contribution >= 0.6 is 11.3 Å². The van der Waals surface area contributed by atoms with Gasteiger partial charge in [-0.1, -0.05) is 43.3 Å². The van der Waals surface area contributed by atoms with Crippen molar-refractivity contribution in [1.29, 1.82) is 0 Å². The monoisotopic (exact) mass is 394 g/mol. The molecular formula is C22H26N4OS. The molecule has 0 aliphatic carbocycles. The van der Waals surface area contributed by atoms with Crippen LogP contribution in [-0.2, 0) is 6.54 Å². The predicted molar refractivity (Wildman–Crippen MR) is 114 cm³/mol. The number of nitrogens with zero attached hydrogens (tertiary/aromatic N) is 3. The fourth-order valence-corrected chi connectivity index (χ4v) is 4.41. The molecule has 3 heterocycles. The van der Waals surface area contributed by atoms with Gasteiger partial charge >= 0.3 is 0 Å². The Kier molecular flexibility index (Phi) is 5.88. The molecule has 1 fully saturated rings. The summed E-state index contributed by atoms with van der Waals surface area (Å²) >= 11 is 1.61. The van der Waals surface area contributed by atoms with E-state index >= 15 is 0 Å². The molecule has 2 aromatic heterocycles. The smallest absolute Gasteiger partial charge is 0.255 e. The molecule has 0 saturated carbocycles. The van der Waals surface area contributed by atoms with Gasteiger partial charge in [-0.2, -0.15) is 5.10 Å². The maximum absolute atomic E-state index is 13.1. The van der Waals surface area contributed by atoms with E-state index in [1.54, 1.807) is 11.3 Å². The lowest BCUT2D eigenvalue weighted by molar-refractivity contribution is 0.0913. The summed E-state index contributed by atoms with van der Waals surface area (Å²) in [6.45, 7) is 6.02. The quantitative estimate of drug-likeness (QED) is 0.690. The summed E-state index contributed by atoms with van der Waals surface area (Å²) in [5.74, 6) is -0.0161. The molecule has 0 bridgehead atoms. The summed E-state index contributed by atoms with van der Waals surface area (Å²) in [4.78, 5) is 16.5. The molecule has 1 saturated heterocycles. The molecule has 0 radical (unpaired) electrons. The number of carbonyl (C=O) groups is 1. The van der Waals surface area contributed by atoms with Crippen molar-refractivity contribution in [3.05, 3.63) is 65.2 Å². The molecule has 28 heavy (non-hydrogen) atoms. The van der Waals surface area contributed by atoms with Crippen LogP contribution in [0.4, 0.5) is 0 Å². The summed E-state index contributed by atoms with van der Waals surface area (Å²) < 4.78 is 1.87. The van der Waals surface area contributed by atoms with Gasteiger partial charge < -0.3 is 10.2 Å². The van der Waals surface area contributed by atoms with Gasteiger partial charge in [-0.3, -0.25) is 9.48 Å². The molecule has 0 spiro atoms. The van der Waals surface area contributed by atoms with E-state index < -0.39 is 0 Å². The number of hydrogen-bond donors (Lipinski definition) is 1. The van der Waals surface area contributed by atoms with Gasteiger partial charge in [0.25, 0.3) is 5.91 Å². The van der Waals surface area contributed by atoms with E-state index in [-0.39, 0.29) is 11.9 Å². The van der Waals surface area contributed by atoms with E-state index in [9.17, 15) is 4.79 Å². The van der Waals surface area contributed by atoms with Crippen LogP contribution in [0.5, 0.6) is 0 Å². The molecule has 1 amide bonds. The van der Waals surface area contributed by atoms with Gasteiger partial charge in [0.15, 0.2) is 0 Å². The highest BCUT2D eigenvalue weighted by molar-refractivity contribution is 7.13. The molecule has 1 aromatic carbocycles. The van der Waals surface area contributed by atoms with Crippen LogP contribution in [-0.4, -0.2) is 46.3 Å². The van der Waals surface area contributed by atoms with Crippen molar-refractivity contribution < 1.29 is 4.79 Å². The molecule has 4 rings (SSSR count). The third-order valence-electron chi connectivity index (χ3n) is 5.32. The maximum atomic E-state index is 13.1. The molecule has 1 aliphatic heterocycles. The van der Waals surface area contributed by atoms with Gasteiger partial charge in [0.1, 0.15) is 5.69 Å². The van der Waals surface area contributed by atoms with Gasteiger partial charge in [-0.25, -0.2) is 0 Å². The summed E-state index contributed by atoms with van der Waals surface area (Å²) in [5, 5.41) is 10.0. The molecule has 1 aliphatic rings. The van der Waals surface area contributed by atoms with Crippen LogP contribution in [0.25, 0.3) is 10.6 Å². The zero-order valence-corrected chi connectivity index (χ0v) is 17.0. The van der Waals surface area contributed by atoms with Crippen molar-refractivity contribution in [2.45, 2.75) is 32.4 Å². The van der Waals surface area contributed by atoms with Crippen molar-refractivity contribution in [1.82, 2.24) is 20.0 Å². The van der Waals surface area contributed by atoms with Gasteiger partial charge in [-0.15, -0.1) is 11.3 Å². The first kappa shape index (κ1) is 18.9. The minimum absolute atomic E-state index is 0.0161. The average Bonchev–Trinajstić information content (AvgIpc) is 3.39. The Hall–Kier alpha value is -2.44. The van der Waals surface area contributed by atoms with Crippen LogP contribution in [0.15, 0.2) is 54.0 Å². The van der Waals surface area contributed by atoms with Crippen molar-refractivity contribution in [2.75, 3.05) is 19.6 Å². The molecule has 6 heteroatoms. The van der Waals surface area contributed by atoms with Crippen LogP contribution in [0.2, 0.25) is 0 Å². The van der Waals surface area contributed by atoms with Crippen LogP contribution in [0.3, 0.4) is 0 Å². The van der Waals surface area contributed by atoms with E-state index in [4.69, 9.17) is 5.10 Å². The zero-order valence-electron chi connectivity index (χ0n) is 16.2. The van der Waals surface area contributed by atoms with E-state index in [1.165, 1.54) is 5.56 Å². The molecule has 0 atom stereocenters. The van der Waals surface area contributed by atoms with Gasteiger partial charge in [0.2, 0.25) is 0 Å². The van der Waals surface area contributed by atoms with Crippen LogP contribution < -0.4 is 5.32 Å². The molecule has 5 nitrogen and oxygen atoms in total. The second-order valence-electron chi connectivity index (χ2n) is 7.23. The Morgan fingerprint density at radius 3 is 2.64 bits per heavy atom. The number of thiophene rings is 1. The molecule has 0 unspecified atom stereocenters. The SMILES string of the molecule is CCN1CCC(NC(=O)c2cn(Cc3ccccc3)nc2-c2cccs2)CC1. The lowest BCUT2D eigenvalue weighted by atomic mass is 10.0. The van der Waals surface area contributed by atoms with Gasteiger partial charge in [0.05, 0.1) is 17.0 Å². The third-order valence-corrected chi connectivity index (χ3v) is 6.19. The van der Waals surface area contributed by atoms with Gasteiger partial charge in [-0.05, 0) is 36.4 Å². The Labute approximate surface area is 170 Å². The fraction of sp³-hybridized carbons (Fsp3) is 0.364. The fourth-order valence-electron chi connectivity index (χ4n) is 3.69. The largest absolute Gasteiger partial charge is 0.349 e. The van der Waals surface area contributed by atoms with Crippen LogP contribution in [0, 0.1) is 0 Å². The summed E-state index contributed by atoms with van der Waals surface area (Å²) in [5.41, 5.74) is 2.60. The van der Waals surface area contributed by atoms with Crippen molar-refractivity contribution >= 4 is 17.2 Å². The average molecular weight is 395 g/mol. The molecule has 3 aromatic rings. The number of likely N-dealkylation sites (tertiary alicyclic amines) is 1. The highest BCUT2D eigenvalue weighted by Crippen LogP contribution is 2.27. The first-order chi connectivity index (χ1) is 13.7. The normalized spacial score (nSPS) is 15.6. The Morgan fingerprint density at radius 1 is 1.18 bits per heavy atom. The first-order valence-corrected chi connectivity index (χ1v) is 10.8. The van der Waals surface area contributed by atoms with E-state index in [0.717, 1.165) is 43.0 Å². The predicted octanol–water partition coefficient (Wildman–Crippen LogP) is 3.87. The number of piperidine rings is 1. The highest BCUT2D eigenvalue weighted by atomic mass is 32.1. The van der Waals surface area contributed by atoms with Crippen molar-refractivity contribution in [2.24, 2.45) is 0 Å². The number of carbonyl (C=O) groups excluding carboxylic acids is 1. The number of rotatable bonds is 6. The lowest BCUT2D eigenvalue weighted by Gasteiger charge is -2.31. The number of amides is 1. The van der Waals surface area contributed by atoms with Crippen LogP contribution in [0.1, 0.15) is 35.7 Å². The Balaban J connectivity index is 1.54. The van der Waals surface area contributed by atoms with E-state index in [1.807, 2.05) is 46.6 Å². The van der Waals surface area contributed by atoms with Crippen molar-refractivity contribution in [3.8, 4) is 10.6 Å². The minimum atomic E-state index is -0.0161. The Morgan fingerprint density at radius 2 is 1.96 bits per heavy atom. The standard InChI is InChI=1S/C22H26N4OS/c1-2-25-12-10-18(11-13-25)23-22(27)19-16-26(15-17-7-4-3-5-8-17)24-21(19)20-9-6-14-28-20/h3-9,14,16,18H,2,10-13,15H2,1H3,(H,23,27). The number of benzene rings is 1. The Bertz CT molecular complexity index is 896. The third kappa shape index (κ3) is 4.34. The summed E-state index contributed by atoms with van der Waals surface area (Å²) in [6.07, 6.45) is 3.90. The molecule has 1 N–H and O–H groups in total.